The maximum absolute atomic E-state index is 5.96. The Bertz CT molecular complexity index is 81.3. The summed E-state index contributed by atoms with van der Waals surface area (Å²) < 4.78 is 0. The molecule has 0 saturated heterocycles. The molecule has 2 heteroatoms. The van der Waals surface area contributed by atoms with Gasteiger partial charge in [-0.3, -0.25) is 0 Å². The molecule has 0 heterocycles. The highest BCUT2D eigenvalue weighted by Crippen LogP contribution is 2.26. The van der Waals surface area contributed by atoms with Crippen molar-refractivity contribution in [3.05, 3.63) is 5.38 Å². The van der Waals surface area contributed by atoms with Crippen molar-refractivity contribution in [2.24, 2.45) is 5.92 Å². The second kappa shape index (κ2) is 5.26. The third-order valence-electron chi connectivity index (χ3n) is 1.36. The average Bonchev–Trinajstić information content (AvgIpc) is 1.85. The fourth-order valence-corrected chi connectivity index (χ4v) is 1.36. The van der Waals surface area contributed by atoms with Crippen LogP contribution in [-0.4, -0.2) is 5.38 Å². The van der Waals surface area contributed by atoms with Gasteiger partial charge in [-0.1, -0.05) is 20.8 Å². The first-order chi connectivity index (χ1) is 4.57. The van der Waals surface area contributed by atoms with Crippen LogP contribution in [0.1, 0.15) is 33.6 Å². The summed E-state index contributed by atoms with van der Waals surface area (Å²) in [5, 5.41) is 0.946. The standard InChI is InChI=1S/C8H15Cl2/c1-4-7(9)8(10)5-6(2)3/h6,8H,4-5H2,1-3H3. The van der Waals surface area contributed by atoms with Crippen molar-refractivity contribution in [1.29, 1.82) is 0 Å². The lowest BCUT2D eigenvalue weighted by atomic mass is 10.1. The largest absolute Gasteiger partial charge is 0.121 e. The van der Waals surface area contributed by atoms with Gasteiger partial charge in [0.15, 0.2) is 0 Å². The molecule has 0 nitrogen and oxygen atoms in total. The van der Waals surface area contributed by atoms with Crippen molar-refractivity contribution < 1.29 is 0 Å². The normalized spacial score (nSPS) is 14.7. The molecule has 0 aromatic carbocycles. The third-order valence-corrected chi connectivity index (χ3v) is 2.44. The van der Waals surface area contributed by atoms with Gasteiger partial charge in [0.25, 0.3) is 0 Å². The van der Waals surface area contributed by atoms with Gasteiger partial charge in [-0.15, -0.1) is 23.2 Å². The lowest BCUT2D eigenvalue weighted by Gasteiger charge is -2.14. The zero-order chi connectivity index (χ0) is 8.15. The lowest BCUT2D eigenvalue weighted by Crippen LogP contribution is -2.09. The van der Waals surface area contributed by atoms with Gasteiger partial charge in [0, 0.05) is 0 Å². The molecule has 0 aromatic heterocycles. The summed E-state index contributed by atoms with van der Waals surface area (Å²) >= 11 is 11.8. The van der Waals surface area contributed by atoms with Gasteiger partial charge >= 0.3 is 0 Å². The number of hydrogen-bond donors (Lipinski definition) is 0. The molecule has 0 aliphatic heterocycles. The van der Waals surface area contributed by atoms with E-state index < -0.39 is 0 Å². The topological polar surface area (TPSA) is 0 Å². The van der Waals surface area contributed by atoms with Crippen molar-refractivity contribution in [1.82, 2.24) is 0 Å². The molecule has 1 atom stereocenters. The zero-order valence-corrected chi connectivity index (χ0v) is 8.34. The van der Waals surface area contributed by atoms with E-state index in [9.17, 15) is 0 Å². The first-order valence-corrected chi connectivity index (χ1v) is 4.54. The number of alkyl halides is 1. The molecule has 0 amide bonds. The van der Waals surface area contributed by atoms with Crippen LogP contribution in [0.4, 0.5) is 0 Å². The summed E-state index contributed by atoms with van der Waals surface area (Å²) in [4.78, 5) is 0. The van der Waals surface area contributed by atoms with Crippen molar-refractivity contribution in [3.63, 3.8) is 0 Å². The van der Waals surface area contributed by atoms with Crippen LogP contribution in [0.25, 0.3) is 0 Å². The fraction of sp³-hybridized carbons (Fsp3) is 0.875. The summed E-state index contributed by atoms with van der Waals surface area (Å²) in [6.07, 6.45) is 1.86. The third kappa shape index (κ3) is 4.40. The van der Waals surface area contributed by atoms with E-state index in [-0.39, 0.29) is 5.38 Å². The first kappa shape index (κ1) is 10.6. The molecule has 0 aromatic rings. The van der Waals surface area contributed by atoms with Crippen LogP contribution in [-0.2, 0) is 0 Å². The number of halogens is 2. The quantitative estimate of drug-likeness (QED) is 0.579. The smallest absolute Gasteiger partial charge is 0.0812 e. The molecule has 1 radical (unpaired) electrons. The summed E-state index contributed by atoms with van der Waals surface area (Å²) in [6, 6.07) is 0. The van der Waals surface area contributed by atoms with Crippen LogP contribution in [0.2, 0.25) is 0 Å². The summed E-state index contributed by atoms with van der Waals surface area (Å²) in [6.45, 7) is 6.32. The van der Waals surface area contributed by atoms with Gasteiger partial charge in [-0.2, -0.15) is 0 Å². The molecule has 0 bridgehead atoms. The van der Waals surface area contributed by atoms with Crippen LogP contribution < -0.4 is 0 Å². The predicted molar refractivity (Wildman–Crippen MR) is 48.5 cm³/mol. The molecule has 1 unspecified atom stereocenters. The highest BCUT2D eigenvalue weighted by molar-refractivity contribution is 6.34. The molecule has 0 aliphatic carbocycles. The fourth-order valence-electron chi connectivity index (χ4n) is 0.763. The van der Waals surface area contributed by atoms with E-state index in [1.165, 1.54) is 0 Å². The maximum atomic E-state index is 5.96. The van der Waals surface area contributed by atoms with E-state index in [4.69, 9.17) is 23.2 Å². The van der Waals surface area contributed by atoms with Crippen molar-refractivity contribution in [3.8, 4) is 0 Å². The van der Waals surface area contributed by atoms with Crippen LogP contribution in [0, 0.1) is 11.3 Å². The summed E-state index contributed by atoms with van der Waals surface area (Å²) in [5.41, 5.74) is 0. The van der Waals surface area contributed by atoms with Crippen LogP contribution in [0.15, 0.2) is 0 Å². The van der Waals surface area contributed by atoms with E-state index in [2.05, 4.69) is 13.8 Å². The van der Waals surface area contributed by atoms with E-state index >= 15 is 0 Å². The maximum Gasteiger partial charge on any atom is 0.0812 e. The van der Waals surface area contributed by atoms with Gasteiger partial charge in [-0.05, 0) is 18.8 Å². The van der Waals surface area contributed by atoms with Gasteiger partial charge in [0.1, 0.15) is 0 Å². The molecule has 0 rings (SSSR count). The van der Waals surface area contributed by atoms with Gasteiger partial charge < -0.3 is 0 Å². The number of rotatable bonds is 4. The monoisotopic (exact) mass is 181 g/mol. The minimum absolute atomic E-state index is 0.0617. The Morgan fingerprint density at radius 1 is 1.40 bits per heavy atom. The van der Waals surface area contributed by atoms with Crippen molar-refractivity contribution in [2.75, 3.05) is 0 Å². The molecule has 61 valence electrons. The van der Waals surface area contributed by atoms with E-state index in [1.54, 1.807) is 0 Å². The summed E-state index contributed by atoms with van der Waals surface area (Å²) in [5.74, 6) is 0.628. The predicted octanol–water partition coefficient (Wildman–Crippen LogP) is 3.82. The Morgan fingerprint density at radius 3 is 2.20 bits per heavy atom. The van der Waals surface area contributed by atoms with Crippen molar-refractivity contribution in [2.45, 2.75) is 39.0 Å². The molecule has 0 aliphatic rings. The zero-order valence-electron chi connectivity index (χ0n) is 6.82. The second-order valence-electron chi connectivity index (χ2n) is 2.90. The van der Waals surface area contributed by atoms with Crippen LogP contribution >= 0.6 is 23.2 Å². The minimum atomic E-state index is 0.0617. The highest BCUT2D eigenvalue weighted by Gasteiger charge is 2.16. The van der Waals surface area contributed by atoms with Gasteiger partial charge in [-0.25, -0.2) is 0 Å². The van der Waals surface area contributed by atoms with E-state index in [0.717, 1.165) is 18.2 Å². The minimum Gasteiger partial charge on any atom is -0.121 e. The van der Waals surface area contributed by atoms with Crippen LogP contribution in [0.5, 0.6) is 0 Å². The highest BCUT2D eigenvalue weighted by atomic mass is 35.5. The average molecular weight is 182 g/mol. The Labute approximate surface area is 73.9 Å². The molecule has 0 saturated carbocycles. The van der Waals surface area contributed by atoms with E-state index in [1.807, 2.05) is 6.92 Å². The Balaban J connectivity index is 3.50. The molecule has 0 fully saturated rings. The first-order valence-electron chi connectivity index (χ1n) is 3.73. The Morgan fingerprint density at radius 2 is 1.90 bits per heavy atom. The van der Waals surface area contributed by atoms with Gasteiger partial charge in [0.05, 0.1) is 10.8 Å². The summed E-state index contributed by atoms with van der Waals surface area (Å²) in [7, 11) is 0. The van der Waals surface area contributed by atoms with Crippen molar-refractivity contribution >= 4 is 23.2 Å². The van der Waals surface area contributed by atoms with E-state index in [0.29, 0.717) is 5.92 Å². The molecule has 0 spiro atoms. The van der Waals surface area contributed by atoms with Gasteiger partial charge in [0.2, 0.25) is 0 Å². The SMILES string of the molecule is CC[C](Cl)C(Cl)CC(C)C. The Kier molecular flexibility index (Phi) is 5.56. The molecule has 10 heavy (non-hydrogen) atoms. The number of hydrogen-bond acceptors (Lipinski definition) is 0. The molecular formula is C8H15Cl2. The molecular weight excluding hydrogens is 167 g/mol. The second-order valence-corrected chi connectivity index (χ2v) is 3.91. The van der Waals surface area contributed by atoms with Crippen LogP contribution in [0.3, 0.4) is 0 Å². The molecule has 0 N–H and O–H groups in total. The lowest BCUT2D eigenvalue weighted by molar-refractivity contribution is 0.575. The Hall–Kier alpha value is 0.580.